The Kier molecular flexibility index (Phi) is 6.08. The second-order valence-corrected chi connectivity index (χ2v) is 5.75. The third-order valence-electron chi connectivity index (χ3n) is 3.48. The number of anilines is 1. The molecule has 0 unspecified atom stereocenters. The molecule has 7 nitrogen and oxygen atoms in total. The van der Waals surface area contributed by atoms with Crippen molar-refractivity contribution in [2.75, 3.05) is 18.9 Å². The lowest BCUT2D eigenvalue weighted by molar-refractivity contribution is -0.385. The van der Waals surface area contributed by atoms with Crippen LogP contribution in [0.4, 0.5) is 11.4 Å². The molecule has 0 aromatic heterocycles. The van der Waals surface area contributed by atoms with Gasteiger partial charge in [0.2, 0.25) is 11.8 Å². The van der Waals surface area contributed by atoms with E-state index in [0.29, 0.717) is 16.3 Å². The molecule has 0 aliphatic carbocycles. The van der Waals surface area contributed by atoms with E-state index in [4.69, 9.17) is 11.6 Å². The molecule has 0 heterocycles. The highest BCUT2D eigenvalue weighted by Gasteiger charge is 2.19. The maximum atomic E-state index is 12.2. The molecule has 0 bridgehead atoms. The molecule has 0 aliphatic heterocycles. The zero-order chi connectivity index (χ0) is 18.4. The average Bonchev–Trinajstić information content (AvgIpc) is 2.57. The summed E-state index contributed by atoms with van der Waals surface area (Å²) in [4.78, 5) is 35.9. The first-order chi connectivity index (χ1) is 11.9. The van der Waals surface area contributed by atoms with Crippen LogP contribution >= 0.6 is 11.6 Å². The maximum Gasteiger partial charge on any atom is 0.273 e. The average molecular weight is 362 g/mol. The van der Waals surface area contributed by atoms with Gasteiger partial charge in [-0.05, 0) is 12.1 Å². The fourth-order valence-corrected chi connectivity index (χ4v) is 2.38. The van der Waals surface area contributed by atoms with Crippen LogP contribution in [-0.2, 0) is 16.0 Å². The van der Waals surface area contributed by atoms with Crippen molar-refractivity contribution in [1.29, 1.82) is 0 Å². The van der Waals surface area contributed by atoms with Crippen LogP contribution in [0.2, 0.25) is 5.02 Å². The van der Waals surface area contributed by atoms with Crippen molar-refractivity contribution in [3.05, 3.63) is 69.2 Å². The number of benzene rings is 2. The number of carbonyl (C=O) groups excluding carboxylic acids is 2. The Morgan fingerprint density at radius 1 is 1.16 bits per heavy atom. The highest BCUT2D eigenvalue weighted by atomic mass is 35.5. The van der Waals surface area contributed by atoms with E-state index in [1.54, 1.807) is 30.3 Å². The summed E-state index contributed by atoms with van der Waals surface area (Å²) in [5.74, 6) is -0.810. The zero-order valence-electron chi connectivity index (χ0n) is 13.4. The molecular formula is C17H16ClN3O4. The quantitative estimate of drug-likeness (QED) is 0.632. The predicted octanol–water partition coefficient (Wildman–Crippen LogP) is 2.89. The van der Waals surface area contributed by atoms with Crippen molar-refractivity contribution >= 4 is 34.8 Å². The van der Waals surface area contributed by atoms with E-state index in [2.05, 4.69) is 5.32 Å². The summed E-state index contributed by atoms with van der Waals surface area (Å²) in [7, 11) is 1.46. The van der Waals surface area contributed by atoms with E-state index in [0.717, 1.165) is 0 Å². The van der Waals surface area contributed by atoms with Crippen LogP contribution in [0.3, 0.4) is 0 Å². The zero-order valence-corrected chi connectivity index (χ0v) is 14.2. The van der Waals surface area contributed by atoms with Gasteiger partial charge in [-0.15, -0.1) is 0 Å². The lowest BCUT2D eigenvalue weighted by atomic mass is 10.1. The third-order valence-corrected chi connectivity index (χ3v) is 3.81. The summed E-state index contributed by atoms with van der Waals surface area (Å²) in [6, 6.07) is 12.8. The largest absolute Gasteiger partial charge is 0.336 e. The lowest BCUT2D eigenvalue weighted by Crippen LogP contribution is -2.35. The Hall–Kier alpha value is -2.93. The summed E-state index contributed by atoms with van der Waals surface area (Å²) in [6.07, 6.45) is -0.160. The number of para-hydroxylation sites is 2. The maximum absolute atomic E-state index is 12.2. The molecule has 0 aliphatic rings. The van der Waals surface area contributed by atoms with Crippen molar-refractivity contribution in [1.82, 2.24) is 4.90 Å². The van der Waals surface area contributed by atoms with E-state index in [1.165, 1.54) is 30.1 Å². The first-order valence-electron chi connectivity index (χ1n) is 7.39. The first-order valence-corrected chi connectivity index (χ1v) is 7.77. The fourth-order valence-electron chi connectivity index (χ4n) is 2.19. The monoisotopic (exact) mass is 361 g/mol. The topological polar surface area (TPSA) is 92.6 Å². The number of hydrogen-bond acceptors (Lipinski definition) is 4. The molecule has 1 N–H and O–H groups in total. The Balaban J connectivity index is 1.98. The second kappa shape index (κ2) is 8.25. The highest BCUT2D eigenvalue weighted by Crippen LogP contribution is 2.21. The van der Waals surface area contributed by atoms with Gasteiger partial charge in [0, 0.05) is 18.7 Å². The van der Waals surface area contributed by atoms with Gasteiger partial charge in [-0.1, -0.05) is 41.9 Å². The molecule has 0 saturated heterocycles. The van der Waals surface area contributed by atoms with Gasteiger partial charge in [0.25, 0.3) is 5.69 Å². The van der Waals surface area contributed by atoms with E-state index in [1.807, 2.05) is 0 Å². The summed E-state index contributed by atoms with van der Waals surface area (Å²) < 4.78 is 0. The van der Waals surface area contributed by atoms with Crippen LogP contribution in [-0.4, -0.2) is 35.2 Å². The molecule has 0 radical (unpaired) electrons. The molecule has 0 saturated carbocycles. The van der Waals surface area contributed by atoms with Crippen LogP contribution in [0.15, 0.2) is 48.5 Å². The van der Waals surface area contributed by atoms with Gasteiger partial charge in [-0.2, -0.15) is 0 Å². The van der Waals surface area contributed by atoms with Crippen molar-refractivity contribution in [3.63, 3.8) is 0 Å². The smallest absolute Gasteiger partial charge is 0.273 e. The number of nitro benzene ring substituents is 1. The molecule has 0 spiro atoms. The second-order valence-electron chi connectivity index (χ2n) is 5.34. The lowest BCUT2D eigenvalue weighted by Gasteiger charge is -2.17. The Morgan fingerprint density at radius 3 is 2.48 bits per heavy atom. The van der Waals surface area contributed by atoms with Crippen LogP contribution in [0, 0.1) is 10.1 Å². The molecule has 2 rings (SSSR count). The fraction of sp³-hybridized carbons (Fsp3) is 0.176. The predicted molar refractivity (Wildman–Crippen MR) is 94.5 cm³/mol. The number of rotatable bonds is 6. The number of carbonyl (C=O) groups is 2. The molecule has 0 fully saturated rings. The molecule has 0 atom stereocenters. The minimum absolute atomic E-state index is 0.121. The number of nitro groups is 1. The van der Waals surface area contributed by atoms with E-state index in [9.17, 15) is 19.7 Å². The first kappa shape index (κ1) is 18.4. The van der Waals surface area contributed by atoms with Gasteiger partial charge in [-0.3, -0.25) is 19.7 Å². The third kappa shape index (κ3) is 5.02. The molecule has 8 heteroatoms. The minimum atomic E-state index is -0.535. The minimum Gasteiger partial charge on any atom is -0.336 e. The molecular weight excluding hydrogens is 346 g/mol. The number of nitrogens with one attached hydrogen (secondary N) is 1. The van der Waals surface area contributed by atoms with Crippen molar-refractivity contribution in [2.24, 2.45) is 0 Å². The standard InChI is InChI=1S/C17H16ClN3O4/c1-20(11-16(22)19-14-8-4-3-7-13(14)18)17(23)10-12-6-2-5-9-15(12)21(24)25/h2-9H,10-11H2,1H3,(H,19,22). The van der Waals surface area contributed by atoms with Crippen LogP contribution in [0.5, 0.6) is 0 Å². The van der Waals surface area contributed by atoms with Gasteiger partial charge in [-0.25, -0.2) is 0 Å². The van der Waals surface area contributed by atoms with Crippen LogP contribution in [0.25, 0.3) is 0 Å². The molecule has 130 valence electrons. The SMILES string of the molecule is CN(CC(=O)Nc1ccccc1Cl)C(=O)Cc1ccccc1[N+](=O)[O-]. The van der Waals surface area contributed by atoms with E-state index in [-0.39, 0.29) is 18.7 Å². The van der Waals surface area contributed by atoms with Crippen LogP contribution in [0.1, 0.15) is 5.56 Å². The van der Waals surface area contributed by atoms with Crippen molar-refractivity contribution in [2.45, 2.75) is 6.42 Å². The molecule has 2 aromatic carbocycles. The van der Waals surface area contributed by atoms with Gasteiger partial charge in [0.15, 0.2) is 0 Å². The summed E-state index contributed by atoms with van der Waals surface area (Å²) in [5, 5.41) is 14.0. The number of amides is 2. The number of nitrogens with zero attached hydrogens (tertiary/aromatic N) is 2. The highest BCUT2D eigenvalue weighted by molar-refractivity contribution is 6.33. The van der Waals surface area contributed by atoms with Gasteiger partial charge in [0.05, 0.1) is 28.6 Å². The Labute approximate surface area is 149 Å². The molecule has 2 aromatic rings. The Bertz CT molecular complexity index is 810. The van der Waals surface area contributed by atoms with Gasteiger partial charge < -0.3 is 10.2 Å². The van der Waals surface area contributed by atoms with Crippen molar-refractivity contribution in [3.8, 4) is 0 Å². The Morgan fingerprint density at radius 2 is 1.80 bits per heavy atom. The molecule has 25 heavy (non-hydrogen) atoms. The summed E-state index contributed by atoms with van der Waals surface area (Å²) in [6.45, 7) is -0.190. The van der Waals surface area contributed by atoms with E-state index >= 15 is 0 Å². The molecule has 2 amide bonds. The van der Waals surface area contributed by atoms with E-state index < -0.39 is 16.7 Å². The van der Waals surface area contributed by atoms with Crippen LogP contribution < -0.4 is 5.32 Å². The van der Waals surface area contributed by atoms with Gasteiger partial charge in [0.1, 0.15) is 0 Å². The van der Waals surface area contributed by atoms with Gasteiger partial charge >= 0.3 is 0 Å². The summed E-state index contributed by atoms with van der Waals surface area (Å²) >= 11 is 5.96. The number of likely N-dealkylation sites (N-methyl/N-ethyl adjacent to an activating group) is 1. The summed E-state index contributed by atoms with van der Waals surface area (Å²) in [5.41, 5.74) is 0.634. The normalized spacial score (nSPS) is 10.2. The number of hydrogen-bond donors (Lipinski definition) is 1. The number of halogens is 1. The van der Waals surface area contributed by atoms with Crippen molar-refractivity contribution < 1.29 is 14.5 Å².